The molecule has 2 rings (SSSR count). The van der Waals surface area contributed by atoms with Crippen molar-refractivity contribution in [2.45, 2.75) is 39.5 Å². The Kier molecular flexibility index (Phi) is 3.92. The quantitative estimate of drug-likeness (QED) is 0.825. The Bertz CT molecular complexity index is 547. The van der Waals surface area contributed by atoms with Crippen molar-refractivity contribution in [1.82, 2.24) is 14.6 Å². The summed E-state index contributed by atoms with van der Waals surface area (Å²) >= 11 is 0. The molecular formula is C13H18N4O. The molecule has 2 aromatic rings. The zero-order valence-corrected chi connectivity index (χ0v) is 10.8. The van der Waals surface area contributed by atoms with Gasteiger partial charge in [-0.1, -0.05) is 19.8 Å². The summed E-state index contributed by atoms with van der Waals surface area (Å²) in [6.45, 7) is 4.09. The fourth-order valence-electron chi connectivity index (χ4n) is 1.89. The van der Waals surface area contributed by atoms with Crippen molar-refractivity contribution in [3.63, 3.8) is 0 Å². The number of amides is 1. The first-order valence-corrected chi connectivity index (χ1v) is 6.31. The van der Waals surface area contributed by atoms with E-state index in [0.717, 1.165) is 30.5 Å². The van der Waals surface area contributed by atoms with Crippen LogP contribution < -0.4 is 5.32 Å². The summed E-state index contributed by atoms with van der Waals surface area (Å²) in [6.07, 6.45) is 5.12. The standard InChI is InChI=1S/C13H18N4O/c1-3-4-5-6-12(18)16-13-11-8-7-10(2)17(11)15-9-14-13/h7-9H,3-6H2,1-2H3,(H,14,15,16,18). The van der Waals surface area contributed by atoms with Crippen LogP contribution in [0.2, 0.25) is 0 Å². The van der Waals surface area contributed by atoms with E-state index in [4.69, 9.17) is 0 Å². The third kappa shape index (κ3) is 2.67. The van der Waals surface area contributed by atoms with E-state index in [-0.39, 0.29) is 5.91 Å². The van der Waals surface area contributed by atoms with Gasteiger partial charge in [0.15, 0.2) is 5.82 Å². The summed E-state index contributed by atoms with van der Waals surface area (Å²) in [5.74, 6) is 0.600. The minimum atomic E-state index is 0.0166. The lowest BCUT2D eigenvalue weighted by molar-refractivity contribution is -0.116. The number of unbranched alkanes of at least 4 members (excludes halogenated alkanes) is 2. The summed E-state index contributed by atoms with van der Waals surface area (Å²) in [6, 6.07) is 3.87. The maximum atomic E-state index is 11.8. The van der Waals surface area contributed by atoms with E-state index in [1.807, 2.05) is 19.1 Å². The number of rotatable bonds is 5. The zero-order chi connectivity index (χ0) is 13.0. The third-order valence-electron chi connectivity index (χ3n) is 2.91. The first-order chi connectivity index (χ1) is 8.72. The van der Waals surface area contributed by atoms with Gasteiger partial charge in [-0.3, -0.25) is 4.79 Å². The van der Waals surface area contributed by atoms with Crippen molar-refractivity contribution >= 4 is 17.2 Å². The Labute approximate surface area is 106 Å². The molecule has 0 saturated carbocycles. The summed E-state index contributed by atoms with van der Waals surface area (Å²) < 4.78 is 1.77. The predicted molar refractivity (Wildman–Crippen MR) is 70.5 cm³/mol. The van der Waals surface area contributed by atoms with Crippen molar-refractivity contribution in [3.8, 4) is 0 Å². The zero-order valence-electron chi connectivity index (χ0n) is 10.8. The number of hydrogen-bond donors (Lipinski definition) is 1. The van der Waals surface area contributed by atoms with Crippen LogP contribution in [0, 0.1) is 6.92 Å². The van der Waals surface area contributed by atoms with Crippen LogP contribution in [-0.4, -0.2) is 20.5 Å². The second-order valence-corrected chi connectivity index (χ2v) is 4.39. The van der Waals surface area contributed by atoms with Crippen molar-refractivity contribution in [1.29, 1.82) is 0 Å². The number of nitrogens with zero attached hydrogens (tertiary/aromatic N) is 3. The predicted octanol–water partition coefficient (Wildman–Crippen LogP) is 2.56. The van der Waals surface area contributed by atoms with Gasteiger partial charge in [-0.05, 0) is 25.5 Å². The third-order valence-corrected chi connectivity index (χ3v) is 2.91. The molecule has 0 aromatic carbocycles. The molecule has 0 radical (unpaired) electrons. The molecule has 2 aromatic heterocycles. The summed E-state index contributed by atoms with van der Waals surface area (Å²) in [4.78, 5) is 15.9. The van der Waals surface area contributed by atoms with Crippen molar-refractivity contribution < 1.29 is 4.79 Å². The molecule has 5 heteroatoms. The summed E-state index contributed by atoms with van der Waals surface area (Å²) in [5.41, 5.74) is 1.85. The Morgan fingerprint density at radius 3 is 3.00 bits per heavy atom. The second kappa shape index (κ2) is 5.62. The number of aryl methyl sites for hydroxylation is 1. The lowest BCUT2D eigenvalue weighted by atomic mass is 10.2. The lowest BCUT2D eigenvalue weighted by Crippen LogP contribution is -2.13. The highest BCUT2D eigenvalue weighted by molar-refractivity contribution is 5.93. The van der Waals surface area contributed by atoms with Crippen LogP contribution in [0.5, 0.6) is 0 Å². The van der Waals surface area contributed by atoms with Crippen molar-refractivity contribution in [2.24, 2.45) is 0 Å². The van der Waals surface area contributed by atoms with Crippen LogP contribution in [0.4, 0.5) is 5.82 Å². The molecule has 0 atom stereocenters. The number of fused-ring (bicyclic) bond motifs is 1. The SMILES string of the molecule is CCCCCC(=O)Nc1ncnn2c(C)ccc12. The topological polar surface area (TPSA) is 59.3 Å². The molecule has 96 valence electrons. The van der Waals surface area contributed by atoms with Crippen molar-refractivity contribution in [3.05, 3.63) is 24.2 Å². The van der Waals surface area contributed by atoms with E-state index in [0.29, 0.717) is 12.2 Å². The highest BCUT2D eigenvalue weighted by Gasteiger charge is 2.08. The van der Waals surface area contributed by atoms with Gasteiger partial charge in [0, 0.05) is 12.1 Å². The Hall–Kier alpha value is -1.91. The molecule has 5 nitrogen and oxygen atoms in total. The van der Waals surface area contributed by atoms with Crippen LogP contribution in [0.1, 0.15) is 38.3 Å². The van der Waals surface area contributed by atoms with E-state index < -0.39 is 0 Å². The molecule has 0 spiro atoms. The average Bonchev–Trinajstić information content (AvgIpc) is 2.73. The number of anilines is 1. The molecule has 1 N–H and O–H groups in total. The van der Waals surface area contributed by atoms with Gasteiger partial charge in [-0.2, -0.15) is 5.10 Å². The van der Waals surface area contributed by atoms with Crippen LogP contribution in [0.15, 0.2) is 18.5 Å². The summed E-state index contributed by atoms with van der Waals surface area (Å²) in [5, 5.41) is 6.98. The summed E-state index contributed by atoms with van der Waals surface area (Å²) in [7, 11) is 0. The van der Waals surface area contributed by atoms with Gasteiger partial charge in [0.2, 0.25) is 5.91 Å². The van der Waals surface area contributed by atoms with Gasteiger partial charge >= 0.3 is 0 Å². The minimum Gasteiger partial charge on any atom is -0.309 e. The molecule has 0 unspecified atom stereocenters. The monoisotopic (exact) mass is 246 g/mol. The molecule has 0 aliphatic heterocycles. The van der Waals surface area contributed by atoms with Gasteiger partial charge in [0.05, 0.1) is 0 Å². The van der Waals surface area contributed by atoms with Gasteiger partial charge in [-0.15, -0.1) is 0 Å². The van der Waals surface area contributed by atoms with E-state index in [1.54, 1.807) is 4.52 Å². The molecule has 18 heavy (non-hydrogen) atoms. The largest absolute Gasteiger partial charge is 0.309 e. The highest BCUT2D eigenvalue weighted by Crippen LogP contribution is 2.15. The van der Waals surface area contributed by atoms with Crippen LogP contribution in [0.3, 0.4) is 0 Å². The molecule has 1 amide bonds. The molecule has 0 saturated heterocycles. The first kappa shape index (κ1) is 12.5. The number of carbonyl (C=O) groups excluding carboxylic acids is 1. The average molecular weight is 246 g/mol. The van der Waals surface area contributed by atoms with E-state index in [9.17, 15) is 4.79 Å². The number of carbonyl (C=O) groups is 1. The lowest BCUT2D eigenvalue weighted by Gasteiger charge is -2.06. The Morgan fingerprint density at radius 1 is 1.39 bits per heavy atom. The van der Waals surface area contributed by atoms with Gasteiger partial charge in [0.1, 0.15) is 11.8 Å². The fraction of sp³-hybridized carbons (Fsp3) is 0.462. The maximum Gasteiger partial charge on any atom is 0.225 e. The van der Waals surface area contributed by atoms with E-state index >= 15 is 0 Å². The Morgan fingerprint density at radius 2 is 2.22 bits per heavy atom. The van der Waals surface area contributed by atoms with Gasteiger partial charge < -0.3 is 5.32 Å². The normalized spacial score (nSPS) is 10.8. The molecule has 0 aliphatic carbocycles. The second-order valence-electron chi connectivity index (χ2n) is 4.39. The van der Waals surface area contributed by atoms with E-state index in [1.165, 1.54) is 6.33 Å². The number of aromatic nitrogens is 3. The number of hydrogen-bond acceptors (Lipinski definition) is 3. The van der Waals surface area contributed by atoms with Crippen LogP contribution in [-0.2, 0) is 4.79 Å². The minimum absolute atomic E-state index is 0.0166. The highest BCUT2D eigenvalue weighted by atomic mass is 16.1. The maximum absolute atomic E-state index is 11.8. The molecular weight excluding hydrogens is 228 g/mol. The number of nitrogens with one attached hydrogen (secondary N) is 1. The molecule has 2 heterocycles. The smallest absolute Gasteiger partial charge is 0.225 e. The van der Waals surface area contributed by atoms with Gasteiger partial charge in [-0.25, -0.2) is 9.50 Å². The Balaban J connectivity index is 2.09. The van der Waals surface area contributed by atoms with E-state index in [2.05, 4.69) is 22.3 Å². The molecule has 0 bridgehead atoms. The first-order valence-electron chi connectivity index (χ1n) is 6.31. The van der Waals surface area contributed by atoms with Gasteiger partial charge in [0.25, 0.3) is 0 Å². The van der Waals surface area contributed by atoms with Crippen molar-refractivity contribution in [2.75, 3.05) is 5.32 Å². The molecule has 0 aliphatic rings. The van der Waals surface area contributed by atoms with Crippen LogP contribution >= 0.6 is 0 Å². The fourth-order valence-corrected chi connectivity index (χ4v) is 1.89. The van der Waals surface area contributed by atoms with Crippen LogP contribution in [0.25, 0.3) is 5.52 Å². The molecule has 0 fully saturated rings.